The molecule has 35 heavy (non-hydrogen) atoms. The number of nitrogens with zero attached hydrogens (tertiary/aromatic N) is 7. The number of aromatic nitrogens is 6. The van der Waals surface area contributed by atoms with Crippen molar-refractivity contribution < 1.29 is 9.53 Å². The lowest BCUT2D eigenvalue weighted by Gasteiger charge is -2.31. The average molecular weight is 474 g/mol. The van der Waals surface area contributed by atoms with E-state index < -0.39 is 0 Å². The lowest BCUT2D eigenvalue weighted by atomic mass is 9.92. The standard InChI is InChI=1S/C24H27N9O2/c25-12-15-11-16(15)13-35-24-29-21(22(34)27-17-3-1-4-17)28-23(30-24)33-9-6-14(7-10-33)19-18-5-2-8-26-20(18)32-31-19/h2,5,8,14-17H,1,3-4,6-7,9-11,13H2,(H,27,34)(H,26,31,32)/t15-,16+/m0/s1. The van der Waals surface area contributed by atoms with E-state index in [-0.39, 0.29) is 35.6 Å². The predicted molar refractivity (Wildman–Crippen MR) is 126 cm³/mol. The highest BCUT2D eigenvalue weighted by atomic mass is 16.5. The van der Waals surface area contributed by atoms with Crippen LogP contribution >= 0.6 is 0 Å². The molecule has 0 unspecified atom stereocenters. The van der Waals surface area contributed by atoms with Crippen molar-refractivity contribution in [2.24, 2.45) is 11.8 Å². The van der Waals surface area contributed by atoms with Gasteiger partial charge in [0.25, 0.3) is 5.91 Å². The highest BCUT2D eigenvalue weighted by Gasteiger charge is 2.38. The molecule has 0 radical (unpaired) electrons. The Kier molecular flexibility index (Phi) is 5.64. The van der Waals surface area contributed by atoms with E-state index in [4.69, 9.17) is 10.00 Å². The molecule has 3 aromatic heterocycles. The van der Waals surface area contributed by atoms with Gasteiger partial charge in [0.15, 0.2) is 5.65 Å². The van der Waals surface area contributed by atoms with E-state index in [9.17, 15) is 4.79 Å². The first-order valence-electron chi connectivity index (χ1n) is 12.3. The van der Waals surface area contributed by atoms with Gasteiger partial charge in [-0.1, -0.05) is 0 Å². The second-order valence-corrected chi connectivity index (χ2v) is 9.66. The third-order valence-corrected chi connectivity index (χ3v) is 7.31. The second kappa shape index (κ2) is 9.09. The van der Waals surface area contributed by atoms with Crippen molar-refractivity contribution in [1.29, 1.82) is 5.26 Å². The largest absolute Gasteiger partial charge is 0.463 e. The van der Waals surface area contributed by atoms with Crippen LogP contribution in [0.15, 0.2) is 18.3 Å². The summed E-state index contributed by atoms with van der Waals surface area (Å²) in [6.45, 7) is 1.84. The van der Waals surface area contributed by atoms with Gasteiger partial charge in [0, 0.05) is 48.2 Å². The molecule has 1 saturated heterocycles. The summed E-state index contributed by atoms with van der Waals surface area (Å²) in [6.07, 6.45) is 7.45. The monoisotopic (exact) mass is 473 g/mol. The van der Waals surface area contributed by atoms with E-state index in [2.05, 4.69) is 46.4 Å². The van der Waals surface area contributed by atoms with Gasteiger partial charge < -0.3 is 15.0 Å². The summed E-state index contributed by atoms with van der Waals surface area (Å²) < 4.78 is 5.82. The number of hydrogen-bond acceptors (Lipinski definition) is 9. The molecule has 3 aromatic rings. The second-order valence-electron chi connectivity index (χ2n) is 9.66. The Morgan fingerprint density at radius 1 is 1.23 bits per heavy atom. The molecule has 0 aromatic carbocycles. The smallest absolute Gasteiger partial charge is 0.321 e. The Balaban J connectivity index is 1.18. The summed E-state index contributed by atoms with van der Waals surface area (Å²) >= 11 is 0. The van der Waals surface area contributed by atoms with E-state index in [1.54, 1.807) is 6.20 Å². The van der Waals surface area contributed by atoms with Crippen LogP contribution in [0.4, 0.5) is 5.95 Å². The maximum absolute atomic E-state index is 12.8. The molecule has 0 spiro atoms. The van der Waals surface area contributed by atoms with Crippen LogP contribution < -0.4 is 15.0 Å². The number of fused-ring (bicyclic) bond motifs is 1. The fourth-order valence-electron chi connectivity index (χ4n) is 4.78. The van der Waals surface area contributed by atoms with Crippen molar-refractivity contribution in [2.45, 2.75) is 50.5 Å². The fourth-order valence-corrected chi connectivity index (χ4v) is 4.78. The highest BCUT2D eigenvalue weighted by Crippen LogP contribution is 2.38. The zero-order chi connectivity index (χ0) is 23.8. The van der Waals surface area contributed by atoms with Crippen molar-refractivity contribution in [1.82, 2.24) is 35.5 Å². The van der Waals surface area contributed by atoms with E-state index in [0.29, 0.717) is 18.5 Å². The van der Waals surface area contributed by atoms with Gasteiger partial charge >= 0.3 is 6.01 Å². The number of nitrogens with one attached hydrogen (secondary N) is 2. The summed E-state index contributed by atoms with van der Waals surface area (Å²) in [7, 11) is 0. The summed E-state index contributed by atoms with van der Waals surface area (Å²) in [5.74, 6) is 0.800. The van der Waals surface area contributed by atoms with Crippen LogP contribution in [0.5, 0.6) is 6.01 Å². The van der Waals surface area contributed by atoms with Crippen LogP contribution in [0.25, 0.3) is 11.0 Å². The zero-order valence-corrected chi connectivity index (χ0v) is 19.4. The highest BCUT2D eigenvalue weighted by molar-refractivity contribution is 5.91. The topological polar surface area (TPSA) is 146 Å². The van der Waals surface area contributed by atoms with Crippen molar-refractivity contribution >= 4 is 22.9 Å². The van der Waals surface area contributed by atoms with Crippen LogP contribution in [0.1, 0.15) is 60.8 Å². The molecule has 3 aliphatic rings. The third kappa shape index (κ3) is 4.48. The lowest BCUT2D eigenvalue weighted by molar-refractivity contribution is 0.0904. The minimum Gasteiger partial charge on any atom is -0.463 e. The maximum Gasteiger partial charge on any atom is 0.321 e. The van der Waals surface area contributed by atoms with Gasteiger partial charge in [-0.2, -0.15) is 25.3 Å². The Morgan fingerprint density at radius 2 is 2.09 bits per heavy atom. The number of H-pyrrole nitrogens is 1. The molecule has 11 nitrogen and oxygen atoms in total. The fraction of sp³-hybridized carbons (Fsp3) is 0.542. The third-order valence-electron chi connectivity index (χ3n) is 7.31. The molecular weight excluding hydrogens is 446 g/mol. The molecule has 1 aliphatic heterocycles. The number of ether oxygens (including phenoxy) is 1. The van der Waals surface area contributed by atoms with Crippen molar-refractivity contribution in [2.75, 3.05) is 24.6 Å². The number of carbonyl (C=O) groups is 1. The Labute approximate surface area is 202 Å². The van der Waals surface area contributed by atoms with Crippen molar-refractivity contribution in [3.63, 3.8) is 0 Å². The number of hydrogen-bond donors (Lipinski definition) is 2. The zero-order valence-electron chi connectivity index (χ0n) is 19.4. The number of anilines is 1. The van der Waals surface area contributed by atoms with E-state index in [1.807, 2.05) is 12.1 Å². The molecular formula is C24H27N9O2. The van der Waals surface area contributed by atoms with Gasteiger partial charge in [0.1, 0.15) is 0 Å². The SMILES string of the molecule is N#C[C@@H]1C[C@@H]1COc1nc(C(=O)NC2CCC2)nc(N2CCC(c3[nH]nc4ncccc34)CC2)n1. The maximum atomic E-state index is 12.8. The van der Waals surface area contributed by atoms with Gasteiger partial charge in [-0.15, -0.1) is 0 Å². The molecule has 2 aliphatic carbocycles. The Morgan fingerprint density at radius 3 is 2.83 bits per heavy atom. The van der Waals surface area contributed by atoms with E-state index in [1.165, 1.54) is 0 Å². The number of carbonyl (C=O) groups excluding carboxylic acids is 1. The van der Waals surface area contributed by atoms with Crippen LogP contribution in [0, 0.1) is 23.2 Å². The minimum atomic E-state index is -0.296. The molecule has 2 N–H and O–H groups in total. The van der Waals surface area contributed by atoms with Gasteiger partial charge in [0.05, 0.1) is 18.6 Å². The van der Waals surface area contributed by atoms with Gasteiger partial charge in [0.2, 0.25) is 11.8 Å². The van der Waals surface area contributed by atoms with Crippen LogP contribution in [0.2, 0.25) is 0 Å². The van der Waals surface area contributed by atoms with Gasteiger partial charge in [-0.3, -0.25) is 9.89 Å². The number of aromatic amines is 1. The summed E-state index contributed by atoms with van der Waals surface area (Å²) in [5.41, 5.74) is 1.85. The molecule has 0 bridgehead atoms. The first kappa shape index (κ1) is 21.7. The normalized spacial score (nSPS) is 22.4. The van der Waals surface area contributed by atoms with Crippen LogP contribution in [-0.4, -0.2) is 61.8 Å². The van der Waals surface area contributed by atoms with E-state index >= 15 is 0 Å². The summed E-state index contributed by atoms with van der Waals surface area (Å²) in [5, 5.41) is 20.6. The molecule has 3 fully saturated rings. The van der Waals surface area contributed by atoms with Gasteiger partial charge in [-0.25, -0.2) is 4.98 Å². The molecule has 4 heterocycles. The number of piperidine rings is 1. The number of rotatable bonds is 7. The molecule has 6 rings (SSSR count). The molecule has 11 heteroatoms. The first-order valence-corrected chi connectivity index (χ1v) is 12.3. The predicted octanol–water partition coefficient (Wildman–Crippen LogP) is 2.35. The molecule has 180 valence electrons. The molecule has 1 amide bonds. The van der Waals surface area contributed by atoms with Crippen molar-refractivity contribution in [3.05, 3.63) is 29.8 Å². The quantitative estimate of drug-likeness (QED) is 0.528. The van der Waals surface area contributed by atoms with Gasteiger partial charge in [-0.05, 0) is 50.7 Å². The molecule has 2 saturated carbocycles. The number of pyridine rings is 1. The number of nitriles is 1. The van der Waals surface area contributed by atoms with Crippen LogP contribution in [-0.2, 0) is 0 Å². The lowest BCUT2D eigenvalue weighted by Crippen LogP contribution is -2.41. The Bertz CT molecular complexity index is 1270. The Hall–Kier alpha value is -3.81. The van der Waals surface area contributed by atoms with E-state index in [0.717, 1.165) is 68.3 Å². The molecule has 2 atom stereocenters. The average Bonchev–Trinajstić information content (AvgIpc) is 3.51. The first-order chi connectivity index (χ1) is 17.2. The van der Waals surface area contributed by atoms with Crippen molar-refractivity contribution in [3.8, 4) is 12.1 Å². The van der Waals surface area contributed by atoms with Crippen LogP contribution in [0.3, 0.4) is 0 Å². The summed E-state index contributed by atoms with van der Waals surface area (Å²) in [6, 6.07) is 6.57. The summed E-state index contributed by atoms with van der Waals surface area (Å²) in [4.78, 5) is 32.6. The minimum absolute atomic E-state index is 0.0329. The number of amides is 1.